The van der Waals surface area contributed by atoms with Gasteiger partial charge in [0.2, 0.25) is 0 Å². The third-order valence-corrected chi connectivity index (χ3v) is 4.45. The Morgan fingerprint density at radius 1 is 1.12 bits per heavy atom. The molecule has 1 aromatic carbocycles. The topological polar surface area (TPSA) is 134 Å². The zero-order valence-electron chi connectivity index (χ0n) is 17.3. The molecule has 34 heavy (non-hydrogen) atoms. The number of halogens is 6. The highest BCUT2D eigenvalue weighted by atomic mass is 19.4. The van der Waals surface area contributed by atoms with Gasteiger partial charge in [0.1, 0.15) is 23.6 Å². The second-order valence-electron chi connectivity index (χ2n) is 6.96. The lowest BCUT2D eigenvalue weighted by molar-refractivity contribution is -0.189. The minimum absolute atomic E-state index is 0.0115. The number of hydrogen-bond donors (Lipinski definition) is 3. The summed E-state index contributed by atoms with van der Waals surface area (Å²) in [6.07, 6.45) is -10.5. The fourth-order valence-corrected chi connectivity index (χ4v) is 2.64. The Morgan fingerprint density at radius 3 is 2.32 bits per heavy atom. The van der Waals surface area contributed by atoms with Gasteiger partial charge in [-0.25, -0.2) is 14.6 Å². The average molecular weight is 489 g/mol. The molecule has 2 heterocycles. The van der Waals surface area contributed by atoms with E-state index in [2.05, 4.69) is 20.4 Å². The number of anilines is 2. The molecule has 0 aliphatic rings. The van der Waals surface area contributed by atoms with Crippen LogP contribution in [0.3, 0.4) is 0 Å². The minimum Gasteiger partial charge on any atom is -0.481 e. The van der Waals surface area contributed by atoms with Crippen LogP contribution >= 0.6 is 0 Å². The number of amides is 1. The van der Waals surface area contributed by atoms with Gasteiger partial charge >= 0.3 is 12.4 Å². The summed E-state index contributed by atoms with van der Waals surface area (Å²) in [5, 5.41) is 5.81. The Hall–Kier alpha value is -4.04. The number of carbonyl (C=O) groups is 1. The van der Waals surface area contributed by atoms with Crippen molar-refractivity contribution in [3.63, 3.8) is 0 Å². The molecule has 0 aliphatic carbocycles. The highest BCUT2D eigenvalue weighted by Gasteiger charge is 2.38. The highest BCUT2D eigenvalue weighted by molar-refractivity contribution is 5.99. The second kappa shape index (κ2) is 9.07. The number of benzene rings is 1. The molecule has 2 aromatic heterocycles. The maximum absolute atomic E-state index is 12.8. The Kier molecular flexibility index (Phi) is 6.56. The predicted molar refractivity (Wildman–Crippen MR) is 107 cm³/mol. The Labute approximate surface area is 187 Å². The molecule has 0 radical (unpaired) electrons. The predicted octanol–water partition coefficient (Wildman–Crippen LogP) is 3.11. The van der Waals surface area contributed by atoms with Crippen LogP contribution in [0, 0.1) is 0 Å². The Morgan fingerprint density at radius 2 is 1.76 bits per heavy atom. The number of nitrogen functional groups attached to an aromatic ring is 2. The van der Waals surface area contributed by atoms with Crippen molar-refractivity contribution in [1.82, 2.24) is 25.1 Å². The number of hydrogen-bond acceptors (Lipinski definition) is 7. The molecule has 1 amide bonds. The van der Waals surface area contributed by atoms with Crippen molar-refractivity contribution < 1.29 is 35.9 Å². The summed E-state index contributed by atoms with van der Waals surface area (Å²) < 4.78 is 81.5. The van der Waals surface area contributed by atoms with E-state index in [1.165, 1.54) is 24.3 Å². The SMILES string of the molecule is CC(Oc1ccc(CNC(=O)c2cc(-n3cnc(C(F)(F)F)n3)c(N)nc2N)cc1)C(F)(F)F. The number of nitrogens with two attached hydrogens (primary N) is 2. The van der Waals surface area contributed by atoms with E-state index >= 15 is 0 Å². The molecule has 0 spiro atoms. The number of nitrogens with zero attached hydrogens (tertiary/aromatic N) is 4. The number of ether oxygens (including phenoxy) is 1. The first-order chi connectivity index (χ1) is 15.8. The summed E-state index contributed by atoms with van der Waals surface area (Å²) >= 11 is 0. The van der Waals surface area contributed by atoms with Crippen LogP contribution in [0.25, 0.3) is 5.69 Å². The van der Waals surface area contributed by atoms with Crippen LogP contribution in [-0.2, 0) is 12.7 Å². The molecule has 1 unspecified atom stereocenters. The normalized spacial score (nSPS) is 12.9. The molecular formula is C19H17F6N7O2. The number of alkyl halides is 6. The van der Waals surface area contributed by atoms with Gasteiger partial charge in [0.05, 0.1) is 5.56 Å². The number of nitrogens with one attached hydrogen (secondary N) is 1. The van der Waals surface area contributed by atoms with Crippen molar-refractivity contribution in [1.29, 1.82) is 0 Å². The quantitative estimate of drug-likeness (QED) is 0.453. The van der Waals surface area contributed by atoms with Gasteiger partial charge in [0, 0.05) is 6.54 Å². The molecule has 0 fully saturated rings. The third kappa shape index (κ3) is 5.65. The fraction of sp³-hybridized carbons (Fsp3) is 0.263. The van der Waals surface area contributed by atoms with E-state index in [-0.39, 0.29) is 35.2 Å². The molecule has 5 N–H and O–H groups in total. The van der Waals surface area contributed by atoms with Gasteiger partial charge in [0.25, 0.3) is 11.7 Å². The van der Waals surface area contributed by atoms with Gasteiger partial charge in [-0.15, -0.1) is 5.10 Å². The van der Waals surface area contributed by atoms with Gasteiger partial charge in [0.15, 0.2) is 11.9 Å². The van der Waals surface area contributed by atoms with E-state index in [1.54, 1.807) is 0 Å². The monoisotopic (exact) mass is 489 g/mol. The molecule has 3 rings (SSSR count). The maximum Gasteiger partial charge on any atom is 0.453 e. The van der Waals surface area contributed by atoms with Crippen LogP contribution in [0.15, 0.2) is 36.7 Å². The molecule has 3 aromatic rings. The third-order valence-electron chi connectivity index (χ3n) is 4.45. The molecule has 15 heteroatoms. The smallest absolute Gasteiger partial charge is 0.453 e. The van der Waals surface area contributed by atoms with Gasteiger partial charge in [-0.1, -0.05) is 12.1 Å². The summed E-state index contributed by atoms with van der Waals surface area (Å²) in [6.45, 7) is 0.825. The first-order valence-corrected chi connectivity index (χ1v) is 9.41. The molecule has 9 nitrogen and oxygen atoms in total. The highest BCUT2D eigenvalue weighted by Crippen LogP contribution is 2.28. The van der Waals surface area contributed by atoms with Gasteiger partial charge in [-0.05, 0) is 30.7 Å². The van der Waals surface area contributed by atoms with Crippen molar-refractivity contribution in [2.75, 3.05) is 11.5 Å². The summed E-state index contributed by atoms with van der Waals surface area (Å²) in [6, 6.07) is 6.62. The average Bonchev–Trinajstić information content (AvgIpc) is 3.23. The van der Waals surface area contributed by atoms with Crippen molar-refractivity contribution in [2.24, 2.45) is 0 Å². The zero-order valence-corrected chi connectivity index (χ0v) is 17.3. The standard InChI is InChI=1S/C19H17F6N7O2/c1-9(18(20,21)22)34-11-4-2-10(3-5-11)7-28-16(33)12-6-13(15(27)30-14(12)26)32-8-29-17(31-32)19(23,24)25/h2-6,8-9H,7H2,1H3,(H,28,33)(H4,26,27,30). The van der Waals surface area contributed by atoms with Crippen LogP contribution in [0.1, 0.15) is 28.7 Å². The number of carbonyl (C=O) groups excluding carboxylic acids is 1. The summed E-state index contributed by atoms with van der Waals surface area (Å²) in [7, 11) is 0. The molecule has 182 valence electrons. The van der Waals surface area contributed by atoms with Gasteiger partial charge < -0.3 is 21.5 Å². The molecule has 0 aliphatic heterocycles. The second-order valence-corrected chi connectivity index (χ2v) is 6.96. The molecule has 1 atom stereocenters. The van der Waals surface area contributed by atoms with Crippen LogP contribution in [0.2, 0.25) is 0 Å². The van der Waals surface area contributed by atoms with Gasteiger partial charge in [-0.3, -0.25) is 4.79 Å². The molecule has 0 saturated carbocycles. The molecule has 0 bridgehead atoms. The summed E-state index contributed by atoms with van der Waals surface area (Å²) in [4.78, 5) is 19.5. The molecular weight excluding hydrogens is 472 g/mol. The number of aromatic nitrogens is 4. The van der Waals surface area contributed by atoms with Crippen LogP contribution in [0.4, 0.5) is 38.0 Å². The first kappa shape index (κ1) is 24.6. The maximum atomic E-state index is 12.8. The van der Waals surface area contributed by atoms with Crippen LogP contribution in [-0.4, -0.2) is 37.9 Å². The lowest BCUT2D eigenvalue weighted by Gasteiger charge is -2.17. The summed E-state index contributed by atoms with van der Waals surface area (Å²) in [5.41, 5.74) is 11.6. The lowest BCUT2D eigenvalue weighted by Crippen LogP contribution is -2.31. The van der Waals surface area contributed by atoms with Crippen LogP contribution in [0.5, 0.6) is 5.75 Å². The van der Waals surface area contributed by atoms with Crippen molar-refractivity contribution in [3.05, 3.63) is 53.6 Å². The van der Waals surface area contributed by atoms with E-state index < -0.39 is 30.2 Å². The van der Waals surface area contributed by atoms with Crippen molar-refractivity contribution in [2.45, 2.75) is 31.9 Å². The van der Waals surface area contributed by atoms with Crippen LogP contribution < -0.4 is 21.5 Å². The fourth-order valence-electron chi connectivity index (χ4n) is 2.64. The number of rotatable bonds is 6. The minimum atomic E-state index is -4.78. The number of pyridine rings is 1. The Balaban J connectivity index is 1.72. The van der Waals surface area contributed by atoms with Crippen molar-refractivity contribution >= 4 is 17.5 Å². The zero-order chi connectivity index (χ0) is 25.3. The van der Waals surface area contributed by atoms with E-state index in [4.69, 9.17) is 16.2 Å². The largest absolute Gasteiger partial charge is 0.481 e. The lowest BCUT2D eigenvalue weighted by atomic mass is 10.2. The molecule has 0 saturated heterocycles. The van der Waals surface area contributed by atoms with Gasteiger partial charge in [-0.2, -0.15) is 26.3 Å². The van der Waals surface area contributed by atoms with E-state index in [0.29, 0.717) is 10.2 Å². The summed E-state index contributed by atoms with van der Waals surface area (Å²) in [5.74, 6) is -2.71. The van der Waals surface area contributed by atoms with Crippen molar-refractivity contribution in [3.8, 4) is 11.4 Å². The first-order valence-electron chi connectivity index (χ1n) is 9.41. The van der Waals surface area contributed by atoms with E-state index in [1.807, 2.05) is 0 Å². The van der Waals surface area contributed by atoms with E-state index in [0.717, 1.165) is 19.3 Å². The Bertz CT molecular complexity index is 1180. The van der Waals surface area contributed by atoms with E-state index in [9.17, 15) is 31.1 Å².